The lowest BCUT2D eigenvalue weighted by atomic mass is 9.81. The Morgan fingerprint density at radius 2 is 1.70 bits per heavy atom. The molecule has 1 aromatic carbocycles. The summed E-state index contributed by atoms with van der Waals surface area (Å²) in [6.07, 6.45) is 7.09. The molecule has 0 bridgehead atoms. The SMILES string of the molecule is COCc1ccc(CNCCC2CCC(C)CC2)cc1. The van der Waals surface area contributed by atoms with Crippen molar-refractivity contribution in [3.05, 3.63) is 35.4 Å². The molecule has 0 aliphatic heterocycles. The van der Waals surface area contributed by atoms with E-state index in [1.165, 1.54) is 43.2 Å². The van der Waals surface area contributed by atoms with E-state index in [9.17, 15) is 0 Å². The Bertz CT molecular complexity index is 366. The zero-order chi connectivity index (χ0) is 14.2. The number of benzene rings is 1. The second kappa shape index (κ2) is 8.43. The van der Waals surface area contributed by atoms with E-state index in [0.717, 1.165) is 24.9 Å². The average Bonchev–Trinajstić information content (AvgIpc) is 2.47. The largest absolute Gasteiger partial charge is 0.380 e. The number of methoxy groups -OCH3 is 1. The molecule has 0 aromatic heterocycles. The van der Waals surface area contributed by atoms with Crippen molar-refractivity contribution in [2.45, 2.75) is 52.2 Å². The quantitative estimate of drug-likeness (QED) is 0.755. The summed E-state index contributed by atoms with van der Waals surface area (Å²) in [5.41, 5.74) is 2.61. The van der Waals surface area contributed by atoms with Crippen molar-refractivity contribution >= 4 is 0 Å². The summed E-state index contributed by atoms with van der Waals surface area (Å²) in [5, 5.41) is 3.58. The molecule has 1 fully saturated rings. The van der Waals surface area contributed by atoms with Crippen LogP contribution < -0.4 is 5.32 Å². The van der Waals surface area contributed by atoms with Crippen LogP contribution in [0, 0.1) is 11.8 Å². The van der Waals surface area contributed by atoms with Gasteiger partial charge in [-0.15, -0.1) is 0 Å². The van der Waals surface area contributed by atoms with Gasteiger partial charge in [0.15, 0.2) is 0 Å². The van der Waals surface area contributed by atoms with Gasteiger partial charge in [0.2, 0.25) is 0 Å². The molecule has 2 heteroatoms. The van der Waals surface area contributed by atoms with Crippen molar-refractivity contribution in [1.29, 1.82) is 0 Å². The van der Waals surface area contributed by atoms with E-state index in [4.69, 9.17) is 4.74 Å². The number of nitrogens with one attached hydrogen (secondary N) is 1. The van der Waals surface area contributed by atoms with Crippen LogP contribution in [0.25, 0.3) is 0 Å². The van der Waals surface area contributed by atoms with Crippen molar-refractivity contribution < 1.29 is 4.74 Å². The van der Waals surface area contributed by atoms with Gasteiger partial charge in [-0.1, -0.05) is 56.9 Å². The highest BCUT2D eigenvalue weighted by Crippen LogP contribution is 2.29. The van der Waals surface area contributed by atoms with Gasteiger partial charge in [0.25, 0.3) is 0 Å². The summed E-state index contributed by atoms with van der Waals surface area (Å²) < 4.78 is 5.13. The van der Waals surface area contributed by atoms with Gasteiger partial charge >= 0.3 is 0 Å². The van der Waals surface area contributed by atoms with Crippen LogP contribution in [0.15, 0.2) is 24.3 Å². The summed E-state index contributed by atoms with van der Waals surface area (Å²) >= 11 is 0. The minimum Gasteiger partial charge on any atom is -0.380 e. The summed E-state index contributed by atoms with van der Waals surface area (Å²) in [5.74, 6) is 1.92. The molecule has 0 spiro atoms. The molecule has 2 rings (SSSR count). The number of ether oxygens (including phenoxy) is 1. The minimum atomic E-state index is 0.702. The zero-order valence-electron chi connectivity index (χ0n) is 13.0. The fourth-order valence-electron chi connectivity index (χ4n) is 3.08. The lowest BCUT2D eigenvalue weighted by Gasteiger charge is -2.26. The van der Waals surface area contributed by atoms with Gasteiger partial charge in [-0.25, -0.2) is 0 Å². The lowest BCUT2D eigenvalue weighted by Crippen LogP contribution is -2.20. The molecule has 112 valence electrons. The first-order valence-corrected chi connectivity index (χ1v) is 8.05. The van der Waals surface area contributed by atoms with E-state index in [-0.39, 0.29) is 0 Å². The van der Waals surface area contributed by atoms with Gasteiger partial charge < -0.3 is 10.1 Å². The Morgan fingerprint density at radius 1 is 1.05 bits per heavy atom. The fourth-order valence-corrected chi connectivity index (χ4v) is 3.08. The molecule has 1 aliphatic carbocycles. The predicted octanol–water partition coefficient (Wildman–Crippen LogP) is 4.14. The highest BCUT2D eigenvalue weighted by atomic mass is 16.5. The van der Waals surface area contributed by atoms with Gasteiger partial charge in [0.1, 0.15) is 0 Å². The molecule has 0 amide bonds. The maximum Gasteiger partial charge on any atom is 0.0713 e. The molecule has 1 aromatic rings. The van der Waals surface area contributed by atoms with Gasteiger partial charge in [-0.2, -0.15) is 0 Å². The van der Waals surface area contributed by atoms with Crippen LogP contribution >= 0.6 is 0 Å². The maximum atomic E-state index is 5.13. The van der Waals surface area contributed by atoms with Gasteiger partial charge in [-0.3, -0.25) is 0 Å². The lowest BCUT2D eigenvalue weighted by molar-refractivity contribution is 0.185. The third-order valence-electron chi connectivity index (χ3n) is 4.53. The molecule has 0 atom stereocenters. The number of hydrogen-bond donors (Lipinski definition) is 1. The van der Waals surface area contributed by atoms with E-state index in [1.54, 1.807) is 7.11 Å². The van der Waals surface area contributed by atoms with Crippen molar-refractivity contribution in [3.8, 4) is 0 Å². The smallest absolute Gasteiger partial charge is 0.0713 e. The molecule has 0 heterocycles. The van der Waals surface area contributed by atoms with Crippen LogP contribution in [0.5, 0.6) is 0 Å². The summed E-state index contributed by atoms with van der Waals surface area (Å²) in [6, 6.07) is 8.71. The normalized spacial score (nSPS) is 22.9. The van der Waals surface area contributed by atoms with Crippen molar-refractivity contribution in [2.24, 2.45) is 11.8 Å². The maximum absolute atomic E-state index is 5.13. The third-order valence-corrected chi connectivity index (χ3v) is 4.53. The second-order valence-electron chi connectivity index (χ2n) is 6.34. The zero-order valence-corrected chi connectivity index (χ0v) is 13.0. The van der Waals surface area contributed by atoms with Gasteiger partial charge in [0.05, 0.1) is 6.61 Å². The molecule has 0 radical (unpaired) electrons. The Hall–Kier alpha value is -0.860. The molecular weight excluding hydrogens is 246 g/mol. The van der Waals surface area contributed by atoms with Crippen LogP contribution in [0.1, 0.15) is 50.2 Å². The Kier molecular flexibility index (Phi) is 6.55. The van der Waals surface area contributed by atoms with Crippen LogP contribution in [-0.4, -0.2) is 13.7 Å². The topological polar surface area (TPSA) is 21.3 Å². The van der Waals surface area contributed by atoms with E-state index >= 15 is 0 Å². The molecule has 2 nitrogen and oxygen atoms in total. The summed E-state index contributed by atoms with van der Waals surface area (Å²) in [7, 11) is 1.74. The Labute approximate surface area is 123 Å². The molecular formula is C18H29NO. The standard InChI is InChI=1S/C18H29NO/c1-15-3-5-16(6-4-15)11-12-19-13-17-7-9-18(10-8-17)14-20-2/h7-10,15-16,19H,3-6,11-14H2,1-2H3. The van der Waals surface area contributed by atoms with E-state index < -0.39 is 0 Å². The fraction of sp³-hybridized carbons (Fsp3) is 0.667. The third kappa shape index (κ3) is 5.26. The molecule has 20 heavy (non-hydrogen) atoms. The van der Waals surface area contributed by atoms with Crippen molar-refractivity contribution in [2.75, 3.05) is 13.7 Å². The summed E-state index contributed by atoms with van der Waals surface area (Å²) in [6.45, 7) is 5.23. The first-order chi connectivity index (χ1) is 9.78. The second-order valence-corrected chi connectivity index (χ2v) is 6.34. The molecule has 1 saturated carbocycles. The van der Waals surface area contributed by atoms with Crippen LogP contribution in [0.4, 0.5) is 0 Å². The Balaban J connectivity index is 1.60. The number of hydrogen-bond acceptors (Lipinski definition) is 2. The van der Waals surface area contributed by atoms with E-state index in [2.05, 4.69) is 36.5 Å². The molecule has 0 saturated heterocycles. The predicted molar refractivity (Wildman–Crippen MR) is 84.6 cm³/mol. The number of rotatable bonds is 7. The molecule has 1 aliphatic rings. The van der Waals surface area contributed by atoms with E-state index in [1.807, 2.05) is 0 Å². The highest BCUT2D eigenvalue weighted by molar-refractivity contribution is 5.21. The van der Waals surface area contributed by atoms with Gasteiger partial charge in [-0.05, 0) is 35.9 Å². The van der Waals surface area contributed by atoms with E-state index in [0.29, 0.717) is 6.61 Å². The van der Waals surface area contributed by atoms with Crippen LogP contribution in [0.3, 0.4) is 0 Å². The average molecular weight is 275 g/mol. The van der Waals surface area contributed by atoms with Gasteiger partial charge in [0, 0.05) is 13.7 Å². The monoisotopic (exact) mass is 275 g/mol. The molecule has 1 N–H and O–H groups in total. The first-order valence-electron chi connectivity index (χ1n) is 8.05. The molecule has 0 unspecified atom stereocenters. The summed E-state index contributed by atoms with van der Waals surface area (Å²) in [4.78, 5) is 0. The van der Waals surface area contributed by atoms with Crippen LogP contribution in [0.2, 0.25) is 0 Å². The van der Waals surface area contributed by atoms with Crippen molar-refractivity contribution in [1.82, 2.24) is 5.32 Å². The highest BCUT2D eigenvalue weighted by Gasteiger charge is 2.17. The Morgan fingerprint density at radius 3 is 2.35 bits per heavy atom. The first kappa shape index (κ1) is 15.5. The minimum absolute atomic E-state index is 0.702. The van der Waals surface area contributed by atoms with Crippen molar-refractivity contribution in [3.63, 3.8) is 0 Å². The van der Waals surface area contributed by atoms with Crippen LogP contribution in [-0.2, 0) is 17.9 Å².